The predicted molar refractivity (Wildman–Crippen MR) is 74.9 cm³/mol. The Hall–Kier alpha value is -0.890. The van der Waals surface area contributed by atoms with Crippen LogP contribution in [-0.4, -0.2) is 38.4 Å². The lowest BCUT2D eigenvalue weighted by Crippen LogP contribution is -2.36. The van der Waals surface area contributed by atoms with E-state index in [0.717, 1.165) is 15.6 Å². The van der Waals surface area contributed by atoms with Crippen LogP contribution in [0.3, 0.4) is 0 Å². The molecule has 0 amide bonds. The second kappa shape index (κ2) is 7.04. The molecule has 1 aromatic rings. The van der Waals surface area contributed by atoms with E-state index in [1.807, 2.05) is 0 Å². The highest BCUT2D eigenvalue weighted by molar-refractivity contribution is 7.91. The van der Waals surface area contributed by atoms with Crippen LogP contribution >= 0.6 is 22.9 Å². The fourth-order valence-electron chi connectivity index (χ4n) is 1.31. The van der Waals surface area contributed by atoms with E-state index in [9.17, 15) is 13.2 Å². The van der Waals surface area contributed by atoms with Crippen molar-refractivity contribution in [3.63, 3.8) is 0 Å². The maximum Gasteiger partial charge on any atom is 0.321 e. The van der Waals surface area contributed by atoms with Crippen LogP contribution in [0.15, 0.2) is 29.0 Å². The molecule has 0 aliphatic carbocycles. The van der Waals surface area contributed by atoms with Crippen molar-refractivity contribution in [2.45, 2.75) is 11.1 Å². The molecule has 0 aliphatic heterocycles. The number of carbonyl (C=O) groups is 1. The van der Waals surface area contributed by atoms with Crippen LogP contribution < -0.4 is 0 Å². The smallest absolute Gasteiger partial charge is 0.321 e. The van der Waals surface area contributed by atoms with Gasteiger partial charge in [-0.15, -0.1) is 17.9 Å². The van der Waals surface area contributed by atoms with Crippen molar-refractivity contribution in [2.24, 2.45) is 0 Å². The van der Waals surface area contributed by atoms with E-state index in [1.165, 1.54) is 18.2 Å². The number of nitrogens with zero attached hydrogens (tertiary/aromatic N) is 1. The molecule has 0 saturated heterocycles. The highest BCUT2D eigenvalue weighted by Gasteiger charge is 2.27. The summed E-state index contributed by atoms with van der Waals surface area (Å²) in [6, 6.07) is 2.90. The second-order valence-electron chi connectivity index (χ2n) is 3.45. The number of sulfonamides is 1. The molecule has 5 nitrogen and oxygen atoms in total. The van der Waals surface area contributed by atoms with Gasteiger partial charge in [0, 0.05) is 6.54 Å². The zero-order chi connectivity index (χ0) is 14.5. The average molecular weight is 324 g/mol. The molecule has 0 bridgehead atoms. The Kier molecular flexibility index (Phi) is 5.99. The van der Waals surface area contributed by atoms with Crippen LogP contribution in [0, 0.1) is 0 Å². The van der Waals surface area contributed by atoms with Crippen LogP contribution in [0.1, 0.15) is 6.92 Å². The van der Waals surface area contributed by atoms with Crippen molar-refractivity contribution in [1.82, 2.24) is 4.31 Å². The molecule has 0 aliphatic rings. The molecule has 0 saturated carbocycles. The number of carbonyl (C=O) groups excluding carboxylic acids is 1. The number of ether oxygens (including phenoxy) is 1. The Morgan fingerprint density at radius 2 is 2.26 bits per heavy atom. The van der Waals surface area contributed by atoms with Crippen molar-refractivity contribution >= 4 is 38.9 Å². The number of halogens is 1. The van der Waals surface area contributed by atoms with Gasteiger partial charge >= 0.3 is 5.97 Å². The highest BCUT2D eigenvalue weighted by Crippen LogP contribution is 2.28. The Morgan fingerprint density at radius 3 is 2.74 bits per heavy atom. The SMILES string of the molecule is C=CCN(CC(=O)OCC)S(=O)(=O)c1ccc(Cl)s1. The maximum absolute atomic E-state index is 12.3. The van der Waals surface area contributed by atoms with E-state index in [0.29, 0.717) is 4.34 Å². The molecule has 0 radical (unpaired) electrons. The summed E-state index contributed by atoms with van der Waals surface area (Å²) in [6.45, 7) is 5.02. The summed E-state index contributed by atoms with van der Waals surface area (Å²) < 4.78 is 30.8. The fourth-order valence-corrected chi connectivity index (χ4v) is 4.30. The van der Waals surface area contributed by atoms with E-state index in [1.54, 1.807) is 6.92 Å². The van der Waals surface area contributed by atoms with Crippen molar-refractivity contribution in [2.75, 3.05) is 19.7 Å². The average Bonchev–Trinajstić information content (AvgIpc) is 2.76. The maximum atomic E-state index is 12.3. The summed E-state index contributed by atoms with van der Waals surface area (Å²) in [7, 11) is -3.76. The Balaban J connectivity index is 2.97. The Morgan fingerprint density at radius 1 is 1.58 bits per heavy atom. The third-order valence-corrected chi connectivity index (χ3v) is 5.60. The molecule has 1 heterocycles. The fraction of sp³-hybridized carbons (Fsp3) is 0.364. The summed E-state index contributed by atoms with van der Waals surface area (Å²) in [6.07, 6.45) is 1.41. The van der Waals surface area contributed by atoms with Gasteiger partial charge < -0.3 is 4.74 Å². The number of rotatable bonds is 7. The molecule has 8 heteroatoms. The highest BCUT2D eigenvalue weighted by atomic mass is 35.5. The first-order chi connectivity index (χ1) is 8.91. The van der Waals surface area contributed by atoms with Crippen LogP contribution in [-0.2, 0) is 19.6 Å². The topological polar surface area (TPSA) is 63.7 Å². The third kappa shape index (κ3) is 4.31. The van der Waals surface area contributed by atoms with Gasteiger partial charge in [-0.3, -0.25) is 4.79 Å². The Labute approximate surface area is 121 Å². The minimum atomic E-state index is -3.76. The molecule has 19 heavy (non-hydrogen) atoms. The molecular formula is C11H14ClNO4S2. The molecule has 0 fully saturated rings. The van der Waals surface area contributed by atoms with Gasteiger partial charge in [-0.25, -0.2) is 8.42 Å². The third-order valence-electron chi connectivity index (χ3n) is 2.09. The van der Waals surface area contributed by atoms with Gasteiger partial charge in [-0.2, -0.15) is 4.31 Å². The van der Waals surface area contributed by atoms with Crippen molar-refractivity contribution in [3.05, 3.63) is 29.1 Å². The largest absolute Gasteiger partial charge is 0.465 e. The van der Waals surface area contributed by atoms with Gasteiger partial charge in [-0.1, -0.05) is 17.7 Å². The zero-order valence-electron chi connectivity index (χ0n) is 10.3. The molecule has 1 aromatic heterocycles. The van der Waals surface area contributed by atoms with Crippen LogP contribution in [0.5, 0.6) is 0 Å². The summed E-state index contributed by atoms with van der Waals surface area (Å²) in [5.74, 6) is -0.601. The number of esters is 1. The van der Waals surface area contributed by atoms with Crippen LogP contribution in [0.2, 0.25) is 4.34 Å². The Bertz CT molecular complexity index is 553. The zero-order valence-corrected chi connectivity index (χ0v) is 12.7. The molecule has 0 unspecified atom stereocenters. The lowest BCUT2D eigenvalue weighted by Gasteiger charge is -2.18. The second-order valence-corrected chi connectivity index (χ2v) is 7.33. The van der Waals surface area contributed by atoms with Gasteiger partial charge in [0.05, 0.1) is 10.9 Å². The van der Waals surface area contributed by atoms with Gasteiger partial charge in [0.1, 0.15) is 10.8 Å². The molecule has 0 aromatic carbocycles. The molecule has 1 rings (SSSR count). The number of hydrogen-bond donors (Lipinski definition) is 0. The van der Waals surface area contributed by atoms with Crippen molar-refractivity contribution in [1.29, 1.82) is 0 Å². The quantitative estimate of drug-likeness (QED) is 0.569. The van der Waals surface area contributed by atoms with E-state index < -0.39 is 16.0 Å². The van der Waals surface area contributed by atoms with Crippen LogP contribution in [0.25, 0.3) is 0 Å². The summed E-state index contributed by atoms with van der Waals surface area (Å²) in [5, 5.41) is 0. The standard InChI is InChI=1S/C11H14ClNO4S2/c1-3-7-13(8-10(14)17-4-2)19(15,16)11-6-5-9(12)18-11/h3,5-6H,1,4,7-8H2,2H3. The number of hydrogen-bond acceptors (Lipinski definition) is 5. The summed E-state index contributed by atoms with van der Waals surface area (Å²) >= 11 is 6.67. The lowest BCUT2D eigenvalue weighted by atomic mass is 10.5. The van der Waals surface area contributed by atoms with Gasteiger partial charge in [0.25, 0.3) is 10.0 Å². The number of thiophene rings is 1. The van der Waals surface area contributed by atoms with Crippen LogP contribution in [0.4, 0.5) is 0 Å². The molecular weight excluding hydrogens is 310 g/mol. The van der Waals surface area contributed by atoms with E-state index in [4.69, 9.17) is 16.3 Å². The first-order valence-corrected chi connectivity index (χ1v) is 8.07. The molecule has 106 valence electrons. The minimum Gasteiger partial charge on any atom is -0.465 e. The minimum absolute atomic E-state index is 0.0245. The van der Waals surface area contributed by atoms with Crippen molar-refractivity contribution in [3.8, 4) is 0 Å². The molecule has 0 atom stereocenters. The first kappa shape index (κ1) is 16.2. The lowest BCUT2D eigenvalue weighted by molar-refractivity contribution is -0.143. The predicted octanol–water partition coefficient (Wildman–Crippen LogP) is 2.14. The van der Waals surface area contributed by atoms with Gasteiger partial charge in [0.2, 0.25) is 0 Å². The van der Waals surface area contributed by atoms with Gasteiger partial charge in [-0.05, 0) is 19.1 Å². The first-order valence-electron chi connectivity index (χ1n) is 5.43. The van der Waals surface area contributed by atoms with E-state index >= 15 is 0 Å². The summed E-state index contributed by atoms with van der Waals surface area (Å²) in [5.41, 5.74) is 0. The molecule has 0 spiro atoms. The molecule has 0 N–H and O–H groups in total. The van der Waals surface area contributed by atoms with E-state index in [2.05, 4.69) is 6.58 Å². The van der Waals surface area contributed by atoms with E-state index in [-0.39, 0.29) is 23.9 Å². The monoisotopic (exact) mass is 323 g/mol. The summed E-state index contributed by atoms with van der Waals surface area (Å²) in [4.78, 5) is 11.4. The normalized spacial score (nSPS) is 11.5. The van der Waals surface area contributed by atoms with Crippen molar-refractivity contribution < 1.29 is 17.9 Å². The van der Waals surface area contributed by atoms with Gasteiger partial charge in [0.15, 0.2) is 0 Å².